The van der Waals surface area contributed by atoms with Crippen LogP contribution in [0.2, 0.25) is 0 Å². The first-order valence-electron chi connectivity index (χ1n) is 11.5. The topological polar surface area (TPSA) is 140 Å². The Kier molecular flexibility index (Phi) is 5.02. The second-order valence-electron chi connectivity index (χ2n) is 8.84. The maximum absolute atomic E-state index is 12.4. The highest BCUT2D eigenvalue weighted by atomic mass is 16.3. The molecule has 0 aliphatic carbocycles. The van der Waals surface area contributed by atoms with Crippen molar-refractivity contribution in [1.29, 1.82) is 0 Å². The van der Waals surface area contributed by atoms with E-state index in [9.17, 15) is 9.90 Å². The van der Waals surface area contributed by atoms with Crippen LogP contribution < -0.4 is 5.32 Å². The second kappa shape index (κ2) is 8.24. The van der Waals surface area contributed by atoms with Gasteiger partial charge in [0.25, 0.3) is 5.91 Å². The highest BCUT2D eigenvalue weighted by Gasteiger charge is 2.47. The van der Waals surface area contributed by atoms with Crippen molar-refractivity contribution in [2.45, 2.75) is 37.8 Å². The van der Waals surface area contributed by atoms with Gasteiger partial charge in [-0.05, 0) is 37.5 Å². The largest absolute Gasteiger partial charge is 0.374 e. The summed E-state index contributed by atoms with van der Waals surface area (Å²) in [7, 11) is 1.66. The maximum Gasteiger partial charge on any atom is 0.260 e. The fourth-order valence-electron chi connectivity index (χ4n) is 4.56. The molecule has 0 saturated carbocycles. The van der Waals surface area contributed by atoms with Crippen LogP contribution in [0.15, 0.2) is 42.9 Å². The number of aryl methyl sites for hydroxylation is 1. The lowest BCUT2D eigenvalue weighted by molar-refractivity contribution is -0.143. The van der Waals surface area contributed by atoms with Crippen LogP contribution in [0.3, 0.4) is 0 Å². The third-order valence-corrected chi connectivity index (χ3v) is 6.54. The zero-order valence-electron chi connectivity index (χ0n) is 19.2. The number of hydrogen-bond acceptors (Lipinski definition) is 9. The Morgan fingerprint density at radius 2 is 2.00 bits per heavy atom. The molecule has 12 heteroatoms. The summed E-state index contributed by atoms with van der Waals surface area (Å²) in [6.45, 7) is 1.39. The van der Waals surface area contributed by atoms with Crippen LogP contribution in [0.1, 0.15) is 30.7 Å². The van der Waals surface area contributed by atoms with E-state index in [1.807, 2.05) is 23.0 Å². The number of amides is 1. The highest BCUT2D eigenvalue weighted by Crippen LogP contribution is 2.31. The first-order chi connectivity index (χ1) is 17.0. The van der Waals surface area contributed by atoms with E-state index in [1.54, 1.807) is 31.6 Å². The molecule has 1 fully saturated rings. The van der Waals surface area contributed by atoms with Crippen molar-refractivity contribution in [3.63, 3.8) is 0 Å². The van der Waals surface area contributed by atoms with Gasteiger partial charge < -0.3 is 15.3 Å². The number of aliphatic hydroxyl groups is 1. The lowest BCUT2D eigenvalue weighted by Gasteiger charge is -2.17. The lowest BCUT2D eigenvalue weighted by atomic mass is 9.99. The molecule has 12 nitrogen and oxygen atoms in total. The van der Waals surface area contributed by atoms with Crippen LogP contribution in [-0.4, -0.2) is 69.2 Å². The number of nitrogens with one attached hydrogen (secondary N) is 1. The fraction of sp³-hybridized carbons (Fsp3) is 0.348. The smallest absolute Gasteiger partial charge is 0.260 e. The third-order valence-electron chi connectivity index (χ3n) is 6.54. The summed E-state index contributed by atoms with van der Waals surface area (Å²) in [4.78, 5) is 27.5. The van der Waals surface area contributed by atoms with Gasteiger partial charge in [0.2, 0.25) is 5.95 Å². The summed E-state index contributed by atoms with van der Waals surface area (Å²) in [5.41, 5.74) is 1.89. The summed E-state index contributed by atoms with van der Waals surface area (Å²) in [6, 6.07) is 7.24. The highest BCUT2D eigenvalue weighted by molar-refractivity contribution is 5.87. The Labute approximate surface area is 200 Å². The molecule has 35 heavy (non-hydrogen) atoms. The van der Waals surface area contributed by atoms with Crippen molar-refractivity contribution in [1.82, 2.24) is 44.6 Å². The van der Waals surface area contributed by atoms with E-state index in [0.717, 1.165) is 31.5 Å². The number of carbonyl (C=O) groups excluding carboxylic acids is 1. The molecule has 178 valence electrons. The Morgan fingerprint density at radius 3 is 2.86 bits per heavy atom. The first-order valence-corrected chi connectivity index (χ1v) is 11.5. The van der Waals surface area contributed by atoms with Crippen LogP contribution in [-0.2, 0) is 23.4 Å². The van der Waals surface area contributed by atoms with E-state index in [-0.39, 0.29) is 18.0 Å². The summed E-state index contributed by atoms with van der Waals surface area (Å²) >= 11 is 0. The normalized spacial score (nSPS) is 19.7. The molecule has 4 aromatic rings. The summed E-state index contributed by atoms with van der Waals surface area (Å²) in [5.74, 6) is 0.569. The van der Waals surface area contributed by atoms with Crippen molar-refractivity contribution >= 4 is 17.5 Å². The minimum atomic E-state index is -1.66. The molecule has 2 aliphatic heterocycles. The Hall–Kier alpha value is -4.19. The van der Waals surface area contributed by atoms with Crippen molar-refractivity contribution in [2.75, 3.05) is 18.9 Å². The lowest BCUT2D eigenvalue weighted by Crippen LogP contribution is -2.36. The third kappa shape index (κ3) is 3.71. The standard InChI is InChI=1S/C23H24N10O2/c1-31-12-9-23(35,21(31)34)19-14-33(30-29-19)20-7-4-5-15(26-20)16-8-10-24-22(27-16)28-17-13-25-32-11-3-2-6-18(17)32/h4-5,7-8,10,13-14,35H,2-3,6,9,11-12H2,1H3,(H,24,27,28)/t23-/m1/s1. The van der Waals surface area contributed by atoms with Crippen LogP contribution in [0.25, 0.3) is 17.2 Å². The van der Waals surface area contributed by atoms with E-state index in [1.165, 1.54) is 15.3 Å². The predicted molar refractivity (Wildman–Crippen MR) is 125 cm³/mol. The Bertz CT molecular complexity index is 1410. The summed E-state index contributed by atoms with van der Waals surface area (Å²) in [6.07, 6.45) is 8.57. The number of anilines is 2. The van der Waals surface area contributed by atoms with Gasteiger partial charge in [0.1, 0.15) is 5.69 Å². The number of pyridine rings is 1. The van der Waals surface area contributed by atoms with Crippen LogP contribution in [0.4, 0.5) is 11.6 Å². The minimum absolute atomic E-state index is 0.206. The number of likely N-dealkylation sites (N-methyl/N-ethyl adjacent to an activating group) is 1. The van der Waals surface area contributed by atoms with Crippen molar-refractivity contribution in [3.8, 4) is 17.2 Å². The predicted octanol–water partition coefficient (Wildman–Crippen LogP) is 1.45. The average molecular weight is 473 g/mol. The summed E-state index contributed by atoms with van der Waals surface area (Å²) < 4.78 is 3.47. The van der Waals surface area contributed by atoms with E-state index in [0.29, 0.717) is 29.7 Å². The number of likely N-dealkylation sites (tertiary alicyclic amines) is 1. The molecule has 1 atom stereocenters. The van der Waals surface area contributed by atoms with Gasteiger partial charge in [-0.3, -0.25) is 9.48 Å². The molecule has 6 rings (SSSR count). The van der Waals surface area contributed by atoms with Gasteiger partial charge in [0.05, 0.1) is 35.2 Å². The van der Waals surface area contributed by atoms with Gasteiger partial charge in [-0.1, -0.05) is 11.3 Å². The molecule has 2 N–H and O–H groups in total. The van der Waals surface area contributed by atoms with Crippen molar-refractivity contribution in [2.24, 2.45) is 0 Å². The van der Waals surface area contributed by atoms with Gasteiger partial charge >= 0.3 is 0 Å². The zero-order chi connectivity index (χ0) is 24.0. The fourth-order valence-corrected chi connectivity index (χ4v) is 4.56. The van der Waals surface area contributed by atoms with Gasteiger partial charge in [0, 0.05) is 32.8 Å². The van der Waals surface area contributed by atoms with E-state index < -0.39 is 5.60 Å². The van der Waals surface area contributed by atoms with Gasteiger partial charge in [-0.15, -0.1) is 5.10 Å². The molecule has 0 unspecified atom stereocenters. The molecular formula is C23H24N10O2. The second-order valence-corrected chi connectivity index (χ2v) is 8.84. The van der Waals surface area contributed by atoms with E-state index >= 15 is 0 Å². The number of carbonyl (C=O) groups is 1. The molecule has 0 bridgehead atoms. The quantitative estimate of drug-likeness (QED) is 0.441. The monoisotopic (exact) mass is 472 g/mol. The van der Waals surface area contributed by atoms with E-state index in [2.05, 4.69) is 35.7 Å². The SMILES string of the molecule is CN1CC[C@@](O)(c2cn(-c3cccc(-c4ccnc(Nc5cnn6c5CCCC6)n4)n3)nn2)C1=O. The van der Waals surface area contributed by atoms with Crippen LogP contribution in [0, 0.1) is 0 Å². The Balaban J connectivity index is 1.26. The maximum atomic E-state index is 12.4. The molecule has 0 aromatic carbocycles. The summed E-state index contributed by atoms with van der Waals surface area (Å²) in [5, 5.41) is 26.7. The average Bonchev–Trinajstić information content (AvgIpc) is 3.61. The molecule has 6 heterocycles. The van der Waals surface area contributed by atoms with Gasteiger partial charge in [-0.2, -0.15) is 5.10 Å². The van der Waals surface area contributed by atoms with Crippen LogP contribution in [0.5, 0.6) is 0 Å². The van der Waals surface area contributed by atoms with Crippen molar-refractivity contribution in [3.05, 3.63) is 54.2 Å². The van der Waals surface area contributed by atoms with E-state index in [4.69, 9.17) is 0 Å². The molecule has 1 saturated heterocycles. The van der Waals surface area contributed by atoms with Gasteiger partial charge in [-0.25, -0.2) is 19.6 Å². The first kappa shape index (κ1) is 21.4. The molecule has 4 aromatic heterocycles. The number of nitrogens with zero attached hydrogens (tertiary/aromatic N) is 9. The zero-order valence-corrected chi connectivity index (χ0v) is 19.2. The molecule has 1 amide bonds. The number of hydrogen-bond donors (Lipinski definition) is 2. The van der Waals surface area contributed by atoms with Gasteiger partial charge in [0.15, 0.2) is 11.4 Å². The van der Waals surface area contributed by atoms with Crippen LogP contribution >= 0.6 is 0 Å². The molecule has 0 spiro atoms. The number of aromatic nitrogens is 8. The number of rotatable bonds is 5. The van der Waals surface area contributed by atoms with Crippen molar-refractivity contribution < 1.29 is 9.90 Å². The number of fused-ring (bicyclic) bond motifs is 1. The Morgan fingerprint density at radius 1 is 1.11 bits per heavy atom. The molecular weight excluding hydrogens is 448 g/mol. The molecule has 2 aliphatic rings. The minimum Gasteiger partial charge on any atom is -0.374 e. The molecule has 0 radical (unpaired) electrons.